The summed E-state index contributed by atoms with van der Waals surface area (Å²) < 4.78 is 0. The predicted octanol–water partition coefficient (Wildman–Crippen LogP) is 5.51. The molecule has 1 aromatic carbocycles. The van der Waals surface area contributed by atoms with Gasteiger partial charge in [-0.2, -0.15) is 0 Å². The van der Waals surface area contributed by atoms with Crippen molar-refractivity contribution in [2.24, 2.45) is 0 Å². The Kier molecular flexibility index (Phi) is 5.86. The number of hydrogen-bond donors (Lipinski definition) is 1. The summed E-state index contributed by atoms with van der Waals surface area (Å²) >= 11 is 7.86. The van der Waals surface area contributed by atoms with Crippen LogP contribution < -0.4 is 5.32 Å². The van der Waals surface area contributed by atoms with Crippen molar-refractivity contribution in [3.8, 4) is 0 Å². The lowest BCUT2D eigenvalue weighted by Crippen LogP contribution is -2.38. The molecule has 0 aliphatic heterocycles. The third kappa shape index (κ3) is 5.82. The normalized spacial score (nSPS) is 13.3. The Morgan fingerprint density at radius 3 is 2.43 bits per heavy atom. The number of hydrogen-bond acceptors (Lipinski definition) is 2. The molecule has 2 aromatic rings. The van der Waals surface area contributed by atoms with E-state index in [1.807, 2.05) is 23.5 Å². The van der Waals surface area contributed by atoms with Crippen LogP contribution in [0.5, 0.6) is 0 Å². The minimum Gasteiger partial charge on any atom is -0.311 e. The number of nitrogens with one attached hydrogen (secondary N) is 1. The van der Waals surface area contributed by atoms with Crippen LogP contribution in [-0.4, -0.2) is 12.1 Å². The van der Waals surface area contributed by atoms with Crippen molar-refractivity contribution in [1.29, 1.82) is 0 Å². The highest BCUT2D eigenvalue weighted by Crippen LogP contribution is 2.25. The van der Waals surface area contributed by atoms with E-state index in [0.717, 1.165) is 24.4 Å². The minimum atomic E-state index is 0.146. The highest BCUT2D eigenvalue weighted by atomic mass is 35.5. The molecule has 114 valence electrons. The van der Waals surface area contributed by atoms with Gasteiger partial charge >= 0.3 is 0 Å². The fraction of sp³-hybridized carbons (Fsp3) is 0.444. The Labute approximate surface area is 137 Å². The molecule has 1 heterocycles. The first-order valence-corrected chi connectivity index (χ1v) is 8.73. The molecule has 21 heavy (non-hydrogen) atoms. The SMILES string of the molecule is CC(C)(C)NCC(CCc1cccs1)c1ccc(Cl)cc1. The molecule has 2 rings (SSSR count). The average Bonchev–Trinajstić information content (AvgIpc) is 2.92. The van der Waals surface area contributed by atoms with Crippen molar-refractivity contribution in [2.75, 3.05) is 6.54 Å². The highest BCUT2D eigenvalue weighted by molar-refractivity contribution is 7.09. The second kappa shape index (κ2) is 7.44. The molecule has 3 heteroatoms. The summed E-state index contributed by atoms with van der Waals surface area (Å²) in [6, 6.07) is 12.7. The van der Waals surface area contributed by atoms with Crippen molar-refractivity contribution < 1.29 is 0 Å². The van der Waals surface area contributed by atoms with Gasteiger partial charge in [-0.3, -0.25) is 0 Å². The van der Waals surface area contributed by atoms with E-state index in [0.29, 0.717) is 5.92 Å². The molecule has 0 aliphatic carbocycles. The maximum atomic E-state index is 6.01. The first-order chi connectivity index (χ1) is 9.94. The van der Waals surface area contributed by atoms with Crippen LogP contribution in [0.25, 0.3) is 0 Å². The number of benzene rings is 1. The van der Waals surface area contributed by atoms with Crippen molar-refractivity contribution in [2.45, 2.75) is 45.1 Å². The molecule has 1 unspecified atom stereocenters. The largest absolute Gasteiger partial charge is 0.311 e. The van der Waals surface area contributed by atoms with E-state index in [-0.39, 0.29) is 5.54 Å². The maximum absolute atomic E-state index is 6.01. The van der Waals surface area contributed by atoms with E-state index in [1.54, 1.807) is 0 Å². The summed E-state index contributed by atoms with van der Waals surface area (Å²) in [5.74, 6) is 0.517. The molecule has 0 saturated heterocycles. The molecule has 1 atom stereocenters. The fourth-order valence-corrected chi connectivity index (χ4v) is 3.17. The Hall–Kier alpha value is -0.830. The summed E-state index contributed by atoms with van der Waals surface area (Å²) in [5, 5.41) is 6.59. The number of thiophene rings is 1. The van der Waals surface area contributed by atoms with Gasteiger partial charge in [0.25, 0.3) is 0 Å². The van der Waals surface area contributed by atoms with Crippen LogP contribution in [0.4, 0.5) is 0 Å². The van der Waals surface area contributed by atoms with Crippen LogP contribution in [0.3, 0.4) is 0 Å². The van der Waals surface area contributed by atoms with Gasteiger partial charge in [0.05, 0.1) is 0 Å². The van der Waals surface area contributed by atoms with Crippen LogP contribution in [0.2, 0.25) is 5.02 Å². The third-order valence-electron chi connectivity index (χ3n) is 3.54. The molecule has 1 nitrogen and oxygen atoms in total. The number of rotatable bonds is 6. The Balaban J connectivity index is 2.03. The molecular formula is C18H24ClNS. The lowest BCUT2D eigenvalue weighted by atomic mass is 9.93. The molecule has 0 amide bonds. The Bertz CT molecular complexity index is 525. The second-order valence-corrected chi connectivity index (χ2v) is 7.97. The molecule has 0 fully saturated rings. The summed E-state index contributed by atoms with van der Waals surface area (Å²) in [5.41, 5.74) is 1.51. The topological polar surface area (TPSA) is 12.0 Å². The van der Waals surface area contributed by atoms with Gasteiger partial charge in [0, 0.05) is 22.0 Å². The van der Waals surface area contributed by atoms with E-state index >= 15 is 0 Å². The van der Waals surface area contributed by atoms with E-state index in [1.165, 1.54) is 10.4 Å². The monoisotopic (exact) mass is 321 g/mol. The third-order valence-corrected chi connectivity index (χ3v) is 4.73. The summed E-state index contributed by atoms with van der Waals surface area (Å²) in [6.45, 7) is 7.64. The minimum absolute atomic E-state index is 0.146. The fourth-order valence-electron chi connectivity index (χ4n) is 2.32. The lowest BCUT2D eigenvalue weighted by molar-refractivity contribution is 0.399. The molecule has 0 spiro atoms. The lowest BCUT2D eigenvalue weighted by Gasteiger charge is -2.25. The second-order valence-electron chi connectivity index (χ2n) is 6.50. The summed E-state index contributed by atoms with van der Waals surface area (Å²) in [6.07, 6.45) is 2.29. The smallest absolute Gasteiger partial charge is 0.0406 e. The van der Waals surface area contributed by atoms with Crippen molar-refractivity contribution in [3.63, 3.8) is 0 Å². The Morgan fingerprint density at radius 1 is 1.14 bits per heavy atom. The summed E-state index contributed by atoms with van der Waals surface area (Å²) in [7, 11) is 0. The van der Waals surface area contributed by atoms with Gasteiger partial charge < -0.3 is 5.32 Å². The molecule has 0 radical (unpaired) electrons. The van der Waals surface area contributed by atoms with Gasteiger partial charge in [-0.05, 0) is 68.7 Å². The molecule has 1 aromatic heterocycles. The van der Waals surface area contributed by atoms with Crippen molar-refractivity contribution in [3.05, 3.63) is 57.2 Å². The van der Waals surface area contributed by atoms with Crippen LogP contribution in [0.1, 0.15) is 43.6 Å². The van der Waals surface area contributed by atoms with Crippen LogP contribution in [0.15, 0.2) is 41.8 Å². The maximum Gasteiger partial charge on any atom is 0.0406 e. The summed E-state index contributed by atoms with van der Waals surface area (Å²) in [4.78, 5) is 1.46. The van der Waals surface area contributed by atoms with E-state index in [9.17, 15) is 0 Å². The van der Waals surface area contributed by atoms with Gasteiger partial charge in [0.15, 0.2) is 0 Å². The zero-order chi connectivity index (χ0) is 15.3. The van der Waals surface area contributed by atoms with Gasteiger partial charge in [-0.25, -0.2) is 0 Å². The van der Waals surface area contributed by atoms with Crippen LogP contribution in [-0.2, 0) is 6.42 Å². The number of aryl methyl sites for hydroxylation is 1. The van der Waals surface area contributed by atoms with Gasteiger partial charge in [0.1, 0.15) is 0 Å². The van der Waals surface area contributed by atoms with E-state index in [2.05, 4.69) is 55.7 Å². The van der Waals surface area contributed by atoms with Gasteiger partial charge in [-0.15, -0.1) is 11.3 Å². The molecular weight excluding hydrogens is 298 g/mol. The average molecular weight is 322 g/mol. The Morgan fingerprint density at radius 2 is 1.86 bits per heavy atom. The first kappa shape index (κ1) is 16.5. The van der Waals surface area contributed by atoms with E-state index in [4.69, 9.17) is 11.6 Å². The van der Waals surface area contributed by atoms with Crippen LogP contribution >= 0.6 is 22.9 Å². The highest BCUT2D eigenvalue weighted by Gasteiger charge is 2.16. The first-order valence-electron chi connectivity index (χ1n) is 7.47. The van der Waals surface area contributed by atoms with E-state index < -0.39 is 0 Å². The zero-order valence-corrected chi connectivity index (χ0v) is 14.6. The zero-order valence-electron chi connectivity index (χ0n) is 13.0. The molecule has 0 bridgehead atoms. The quantitative estimate of drug-likeness (QED) is 0.740. The van der Waals surface area contributed by atoms with Crippen molar-refractivity contribution in [1.82, 2.24) is 5.32 Å². The molecule has 0 aliphatic rings. The van der Waals surface area contributed by atoms with Gasteiger partial charge in [0.2, 0.25) is 0 Å². The van der Waals surface area contributed by atoms with Crippen molar-refractivity contribution >= 4 is 22.9 Å². The van der Waals surface area contributed by atoms with Crippen LogP contribution in [0, 0.1) is 0 Å². The number of halogens is 1. The van der Waals surface area contributed by atoms with Gasteiger partial charge in [-0.1, -0.05) is 29.8 Å². The molecule has 1 N–H and O–H groups in total. The predicted molar refractivity (Wildman–Crippen MR) is 94.6 cm³/mol. The standard InChI is InChI=1S/C18H24ClNS/c1-18(2,3)20-13-15(8-11-17-5-4-12-21-17)14-6-9-16(19)10-7-14/h4-7,9-10,12,15,20H,8,11,13H2,1-3H3. The molecule has 0 saturated carbocycles.